The summed E-state index contributed by atoms with van der Waals surface area (Å²) in [5.74, 6) is 0.836. The number of aromatic nitrogens is 3. The Hall–Kier alpha value is -2.64. The zero-order valence-corrected chi connectivity index (χ0v) is 14.2. The van der Waals surface area contributed by atoms with Gasteiger partial charge in [-0.2, -0.15) is 14.9 Å². The molecule has 0 aliphatic heterocycles. The van der Waals surface area contributed by atoms with Gasteiger partial charge >= 0.3 is 0 Å². The Balaban J connectivity index is 2.05. The number of hydrogen-bond acceptors (Lipinski definition) is 5. The average molecular weight is 361 g/mol. The Bertz CT molecular complexity index is 965. The van der Waals surface area contributed by atoms with Gasteiger partial charge in [-0.1, -0.05) is 29.8 Å². The fraction of sp³-hybridized carbons (Fsp3) is 0.0625. The maximum atomic E-state index is 10.1. The van der Waals surface area contributed by atoms with Gasteiger partial charge < -0.3 is 9.84 Å². The molecule has 3 aromatic rings. The van der Waals surface area contributed by atoms with E-state index in [2.05, 4.69) is 15.3 Å². The molecule has 0 saturated heterocycles. The first-order chi connectivity index (χ1) is 11.6. The molecule has 2 aromatic carbocycles. The minimum Gasteiger partial charge on any atom is -0.504 e. The van der Waals surface area contributed by atoms with E-state index >= 15 is 0 Å². The third-order valence-corrected chi connectivity index (χ3v) is 3.92. The SMILES string of the molecule is COc1cccc(/C=N/n2c(-c3ccccc3Cl)n[nH]c2=S)c1O. The predicted molar refractivity (Wildman–Crippen MR) is 95.5 cm³/mol. The summed E-state index contributed by atoms with van der Waals surface area (Å²) >= 11 is 11.4. The maximum Gasteiger partial charge on any atom is 0.216 e. The lowest BCUT2D eigenvalue weighted by atomic mass is 10.2. The highest BCUT2D eigenvalue weighted by Crippen LogP contribution is 2.29. The number of ether oxygens (including phenoxy) is 1. The smallest absolute Gasteiger partial charge is 0.216 e. The van der Waals surface area contributed by atoms with Crippen molar-refractivity contribution in [1.82, 2.24) is 14.9 Å². The molecule has 2 N–H and O–H groups in total. The van der Waals surface area contributed by atoms with Crippen LogP contribution in [-0.4, -0.2) is 33.3 Å². The van der Waals surface area contributed by atoms with Gasteiger partial charge in [0.1, 0.15) is 0 Å². The number of nitrogens with one attached hydrogen (secondary N) is 1. The highest BCUT2D eigenvalue weighted by Gasteiger charge is 2.11. The van der Waals surface area contributed by atoms with Crippen LogP contribution in [0.25, 0.3) is 11.4 Å². The Kier molecular flexibility index (Phi) is 4.64. The van der Waals surface area contributed by atoms with Crippen molar-refractivity contribution >= 4 is 30.0 Å². The number of para-hydroxylation sites is 1. The second-order valence-electron chi connectivity index (χ2n) is 4.79. The highest BCUT2D eigenvalue weighted by molar-refractivity contribution is 7.71. The second-order valence-corrected chi connectivity index (χ2v) is 5.58. The van der Waals surface area contributed by atoms with E-state index in [1.54, 1.807) is 24.3 Å². The zero-order valence-electron chi connectivity index (χ0n) is 12.6. The second kappa shape index (κ2) is 6.86. The molecule has 1 heterocycles. The van der Waals surface area contributed by atoms with E-state index in [1.165, 1.54) is 18.0 Å². The van der Waals surface area contributed by atoms with Gasteiger partial charge in [0.25, 0.3) is 0 Å². The van der Waals surface area contributed by atoms with E-state index in [-0.39, 0.29) is 5.75 Å². The van der Waals surface area contributed by atoms with E-state index in [4.69, 9.17) is 28.6 Å². The summed E-state index contributed by atoms with van der Waals surface area (Å²) in [5.41, 5.74) is 1.18. The van der Waals surface area contributed by atoms with E-state index < -0.39 is 0 Å². The van der Waals surface area contributed by atoms with E-state index in [1.807, 2.05) is 18.2 Å². The van der Waals surface area contributed by atoms with Gasteiger partial charge in [-0.15, -0.1) is 0 Å². The van der Waals surface area contributed by atoms with Gasteiger partial charge in [0.15, 0.2) is 17.3 Å². The standard InChI is InChI=1S/C16H13ClN4O2S/c1-23-13-8-4-5-10(14(13)22)9-18-21-15(19-20-16(21)24)11-6-2-3-7-12(11)17/h2-9,22H,1H3,(H,20,24)/b18-9+. The molecule has 0 aliphatic rings. The Morgan fingerprint density at radius 2 is 2.08 bits per heavy atom. The monoisotopic (exact) mass is 360 g/mol. The molecule has 122 valence electrons. The van der Waals surface area contributed by atoms with Crippen LogP contribution in [0.1, 0.15) is 5.56 Å². The van der Waals surface area contributed by atoms with Crippen LogP contribution in [-0.2, 0) is 0 Å². The molecule has 8 heteroatoms. The van der Waals surface area contributed by atoms with Gasteiger partial charge in [0, 0.05) is 11.1 Å². The first kappa shape index (κ1) is 16.2. The van der Waals surface area contributed by atoms with Crippen molar-refractivity contribution in [2.45, 2.75) is 0 Å². The number of H-pyrrole nitrogens is 1. The van der Waals surface area contributed by atoms with Crippen molar-refractivity contribution in [1.29, 1.82) is 0 Å². The number of nitrogens with zero attached hydrogens (tertiary/aromatic N) is 3. The lowest BCUT2D eigenvalue weighted by Crippen LogP contribution is -1.96. The Morgan fingerprint density at radius 1 is 1.29 bits per heavy atom. The maximum absolute atomic E-state index is 10.1. The summed E-state index contributed by atoms with van der Waals surface area (Å²) in [7, 11) is 1.48. The van der Waals surface area contributed by atoms with Crippen molar-refractivity contribution in [2.75, 3.05) is 7.11 Å². The van der Waals surface area contributed by atoms with Crippen LogP contribution in [0.2, 0.25) is 5.02 Å². The molecule has 0 amide bonds. The number of phenolic OH excluding ortho intramolecular Hbond substituents is 1. The molecule has 3 rings (SSSR count). The largest absolute Gasteiger partial charge is 0.504 e. The van der Waals surface area contributed by atoms with Crippen molar-refractivity contribution in [3.63, 3.8) is 0 Å². The molecule has 6 nitrogen and oxygen atoms in total. The van der Waals surface area contributed by atoms with E-state index in [0.717, 1.165) is 0 Å². The van der Waals surface area contributed by atoms with Crippen molar-refractivity contribution < 1.29 is 9.84 Å². The highest BCUT2D eigenvalue weighted by atomic mass is 35.5. The molecule has 1 aromatic heterocycles. The van der Waals surface area contributed by atoms with Crippen LogP contribution in [0.15, 0.2) is 47.6 Å². The zero-order chi connectivity index (χ0) is 17.1. The minimum absolute atomic E-state index is 0.00180. The molecule has 0 spiro atoms. The van der Waals surface area contributed by atoms with Gasteiger partial charge in [0.05, 0.1) is 18.3 Å². The fourth-order valence-corrected chi connectivity index (χ4v) is 2.54. The summed E-state index contributed by atoms with van der Waals surface area (Å²) in [6, 6.07) is 12.4. The number of methoxy groups -OCH3 is 1. The lowest BCUT2D eigenvalue weighted by Gasteiger charge is -2.05. The van der Waals surface area contributed by atoms with Crippen LogP contribution in [0.3, 0.4) is 0 Å². The number of hydrogen-bond donors (Lipinski definition) is 2. The summed E-state index contributed by atoms with van der Waals surface area (Å²) < 4.78 is 6.83. The third-order valence-electron chi connectivity index (χ3n) is 3.33. The number of rotatable bonds is 4. The number of halogens is 1. The molecule has 0 aliphatic carbocycles. The van der Waals surface area contributed by atoms with Crippen molar-refractivity contribution in [2.24, 2.45) is 5.10 Å². The number of aromatic amines is 1. The van der Waals surface area contributed by atoms with Gasteiger partial charge in [-0.3, -0.25) is 0 Å². The van der Waals surface area contributed by atoms with Crippen LogP contribution in [0, 0.1) is 4.77 Å². The Morgan fingerprint density at radius 3 is 2.83 bits per heavy atom. The lowest BCUT2D eigenvalue weighted by molar-refractivity contribution is 0.373. The first-order valence-electron chi connectivity index (χ1n) is 6.94. The predicted octanol–water partition coefficient (Wildman–Crippen LogP) is 3.86. The molecule has 24 heavy (non-hydrogen) atoms. The minimum atomic E-state index is -0.00180. The quantitative estimate of drug-likeness (QED) is 0.547. The van der Waals surface area contributed by atoms with Gasteiger partial charge in [-0.05, 0) is 36.5 Å². The summed E-state index contributed by atoms with van der Waals surface area (Å²) in [5, 5.41) is 21.8. The normalized spacial score (nSPS) is 11.1. The fourth-order valence-electron chi connectivity index (χ4n) is 2.14. The molecular weight excluding hydrogens is 348 g/mol. The molecule has 0 radical (unpaired) electrons. The molecule has 0 saturated carbocycles. The topological polar surface area (TPSA) is 75.4 Å². The summed E-state index contributed by atoms with van der Waals surface area (Å²) in [6.07, 6.45) is 1.48. The third kappa shape index (κ3) is 3.04. The van der Waals surface area contributed by atoms with Crippen molar-refractivity contribution in [3.05, 3.63) is 57.8 Å². The summed E-state index contributed by atoms with van der Waals surface area (Å²) in [6.45, 7) is 0. The molecule has 0 unspecified atom stereocenters. The molecule has 0 fully saturated rings. The number of benzene rings is 2. The van der Waals surface area contributed by atoms with Crippen LogP contribution in [0.5, 0.6) is 11.5 Å². The number of phenols is 1. The van der Waals surface area contributed by atoms with Crippen LogP contribution in [0.4, 0.5) is 0 Å². The average Bonchev–Trinajstić information content (AvgIpc) is 2.95. The molecule has 0 bridgehead atoms. The van der Waals surface area contributed by atoms with Crippen LogP contribution >= 0.6 is 23.8 Å². The number of aromatic hydroxyl groups is 1. The molecular formula is C16H13ClN4O2S. The summed E-state index contributed by atoms with van der Waals surface area (Å²) in [4.78, 5) is 0. The van der Waals surface area contributed by atoms with Gasteiger partial charge in [-0.25, -0.2) is 5.10 Å². The Labute approximate surface area is 148 Å². The van der Waals surface area contributed by atoms with E-state index in [0.29, 0.717) is 32.5 Å². The molecule has 0 atom stereocenters. The van der Waals surface area contributed by atoms with Crippen molar-refractivity contribution in [3.8, 4) is 22.9 Å². The van der Waals surface area contributed by atoms with E-state index in [9.17, 15) is 5.11 Å². The first-order valence-corrected chi connectivity index (χ1v) is 7.73. The van der Waals surface area contributed by atoms with Crippen LogP contribution < -0.4 is 4.74 Å². The van der Waals surface area contributed by atoms with Gasteiger partial charge in [0.2, 0.25) is 4.77 Å².